The molecule has 30 heavy (non-hydrogen) atoms. The van der Waals surface area contributed by atoms with Gasteiger partial charge in [-0.2, -0.15) is 0 Å². The highest BCUT2D eigenvalue weighted by molar-refractivity contribution is 7.93. The standard InChI is InChI=1S/C21H21N3O4S2/c1-12-5-7-16(9-13(12)2)30(26,27)23-21-22-17(11-29-21)15-6-8-19-18(10-15)24(4)20(25)14(3)28-19/h5-11,14H,1-4H3,(H,22,23). The number of amides is 1. The number of rotatable bonds is 4. The maximum Gasteiger partial charge on any atom is 0.267 e. The minimum atomic E-state index is -3.73. The van der Waals surface area contributed by atoms with Crippen molar-refractivity contribution in [2.45, 2.75) is 31.8 Å². The Morgan fingerprint density at radius 1 is 1.13 bits per heavy atom. The zero-order valence-electron chi connectivity index (χ0n) is 17.0. The second-order valence-electron chi connectivity index (χ2n) is 7.23. The van der Waals surface area contributed by atoms with Crippen LogP contribution in [0.4, 0.5) is 10.8 Å². The van der Waals surface area contributed by atoms with Crippen molar-refractivity contribution in [1.29, 1.82) is 0 Å². The summed E-state index contributed by atoms with van der Waals surface area (Å²) in [5, 5.41) is 2.05. The molecule has 1 amide bonds. The highest BCUT2D eigenvalue weighted by Gasteiger charge is 2.29. The molecule has 1 aromatic heterocycles. The molecule has 2 heterocycles. The third-order valence-electron chi connectivity index (χ3n) is 5.11. The lowest BCUT2D eigenvalue weighted by atomic mass is 10.1. The fourth-order valence-corrected chi connectivity index (χ4v) is 5.24. The molecule has 2 aromatic carbocycles. The monoisotopic (exact) mass is 443 g/mol. The smallest absolute Gasteiger partial charge is 0.267 e. The van der Waals surface area contributed by atoms with Crippen LogP contribution < -0.4 is 14.4 Å². The van der Waals surface area contributed by atoms with Gasteiger partial charge in [0.05, 0.1) is 16.3 Å². The highest BCUT2D eigenvalue weighted by atomic mass is 32.2. The molecule has 1 N–H and O–H groups in total. The number of carbonyl (C=O) groups excluding carboxylic acids is 1. The summed E-state index contributed by atoms with van der Waals surface area (Å²) in [5.41, 5.74) is 3.96. The van der Waals surface area contributed by atoms with Gasteiger partial charge in [0, 0.05) is 18.0 Å². The molecule has 1 atom stereocenters. The Kier molecular flexibility index (Phi) is 5.03. The van der Waals surface area contributed by atoms with E-state index in [1.165, 1.54) is 11.3 Å². The Bertz CT molecular complexity index is 1250. The van der Waals surface area contributed by atoms with Crippen LogP contribution in [0.5, 0.6) is 5.75 Å². The maximum absolute atomic E-state index is 12.7. The molecule has 0 saturated carbocycles. The number of anilines is 2. The number of aryl methyl sites for hydroxylation is 2. The van der Waals surface area contributed by atoms with Crippen LogP contribution in [-0.2, 0) is 14.8 Å². The minimum Gasteiger partial charge on any atom is -0.479 e. The summed E-state index contributed by atoms with van der Waals surface area (Å²) < 4.78 is 33.6. The lowest BCUT2D eigenvalue weighted by Gasteiger charge is -2.30. The minimum absolute atomic E-state index is 0.125. The summed E-state index contributed by atoms with van der Waals surface area (Å²) in [6.07, 6.45) is -0.529. The van der Waals surface area contributed by atoms with E-state index in [0.717, 1.165) is 16.7 Å². The van der Waals surface area contributed by atoms with E-state index in [9.17, 15) is 13.2 Å². The van der Waals surface area contributed by atoms with E-state index >= 15 is 0 Å². The Morgan fingerprint density at radius 2 is 1.90 bits per heavy atom. The van der Waals surface area contributed by atoms with Gasteiger partial charge in [0.15, 0.2) is 11.2 Å². The average molecular weight is 444 g/mol. The van der Waals surface area contributed by atoms with E-state index in [-0.39, 0.29) is 15.9 Å². The molecule has 7 nitrogen and oxygen atoms in total. The molecule has 0 bridgehead atoms. The number of carbonyl (C=O) groups is 1. The van der Waals surface area contributed by atoms with Crippen LogP contribution in [0.25, 0.3) is 11.3 Å². The van der Waals surface area contributed by atoms with Crippen molar-refractivity contribution in [3.05, 3.63) is 52.9 Å². The summed E-state index contributed by atoms with van der Waals surface area (Å²) >= 11 is 1.20. The largest absolute Gasteiger partial charge is 0.479 e. The van der Waals surface area contributed by atoms with Gasteiger partial charge in [0.1, 0.15) is 5.75 Å². The third-order valence-corrected chi connectivity index (χ3v) is 7.34. The lowest BCUT2D eigenvalue weighted by molar-refractivity contribution is -0.125. The normalized spacial score (nSPS) is 16.2. The number of likely N-dealkylation sites (N-methyl/N-ethyl adjacent to an activating group) is 1. The Labute approximate surface area is 179 Å². The molecule has 1 unspecified atom stereocenters. The summed E-state index contributed by atoms with van der Waals surface area (Å²) in [6, 6.07) is 10.5. The third kappa shape index (κ3) is 3.66. The SMILES string of the molecule is Cc1ccc(S(=O)(=O)Nc2nc(-c3ccc4c(c3)N(C)C(=O)C(C)O4)cs2)cc1C. The molecule has 0 spiro atoms. The summed E-state index contributed by atoms with van der Waals surface area (Å²) in [5.74, 6) is 0.499. The lowest BCUT2D eigenvalue weighted by Crippen LogP contribution is -2.41. The Hall–Kier alpha value is -2.91. The van der Waals surface area contributed by atoms with E-state index in [1.807, 2.05) is 26.0 Å². The molecule has 1 aliphatic heterocycles. The van der Waals surface area contributed by atoms with E-state index in [1.54, 1.807) is 48.5 Å². The predicted molar refractivity (Wildman–Crippen MR) is 118 cm³/mol. The molecule has 1 aliphatic rings. The molecule has 0 saturated heterocycles. The number of hydrogen-bond donors (Lipinski definition) is 1. The van der Waals surface area contributed by atoms with Crippen LogP contribution in [0.15, 0.2) is 46.7 Å². The van der Waals surface area contributed by atoms with Gasteiger partial charge in [-0.3, -0.25) is 9.52 Å². The molecular formula is C21H21N3O4S2. The number of benzene rings is 2. The van der Waals surface area contributed by atoms with Crippen LogP contribution in [0.1, 0.15) is 18.1 Å². The van der Waals surface area contributed by atoms with Crippen molar-refractivity contribution < 1.29 is 17.9 Å². The topological polar surface area (TPSA) is 88.6 Å². The number of nitrogens with zero attached hydrogens (tertiary/aromatic N) is 2. The van der Waals surface area contributed by atoms with Crippen LogP contribution >= 0.6 is 11.3 Å². The Morgan fingerprint density at radius 3 is 2.63 bits per heavy atom. The van der Waals surface area contributed by atoms with Crippen LogP contribution in [0.2, 0.25) is 0 Å². The van der Waals surface area contributed by atoms with E-state index in [0.29, 0.717) is 17.1 Å². The number of aromatic nitrogens is 1. The highest BCUT2D eigenvalue weighted by Crippen LogP contribution is 2.37. The van der Waals surface area contributed by atoms with E-state index in [4.69, 9.17) is 4.74 Å². The average Bonchev–Trinajstić information content (AvgIpc) is 3.16. The zero-order chi connectivity index (χ0) is 21.6. The number of fused-ring (bicyclic) bond motifs is 1. The first kappa shape index (κ1) is 20.4. The fraction of sp³-hybridized carbons (Fsp3) is 0.238. The number of nitrogens with one attached hydrogen (secondary N) is 1. The van der Waals surface area contributed by atoms with Crippen LogP contribution in [0, 0.1) is 13.8 Å². The molecule has 4 rings (SSSR count). The van der Waals surface area contributed by atoms with Crippen molar-refractivity contribution in [2.24, 2.45) is 0 Å². The summed E-state index contributed by atoms with van der Waals surface area (Å²) in [7, 11) is -2.03. The molecule has 0 aliphatic carbocycles. The molecular weight excluding hydrogens is 422 g/mol. The van der Waals surface area contributed by atoms with Crippen molar-refractivity contribution in [1.82, 2.24) is 4.98 Å². The number of hydrogen-bond acceptors (Lipinski definition) is 6. The van der Waals surface area contributed by atoms with E-state index in [2.05, 4.69) is 9.71 Å². The molecule has 156 valence electrons. The predicted octanol–water partition coefficient (Wildman–Crippen LogP) is 3.97. The first-order chi connectivity index (χ1) is 14.2. The van der Waals surface area contributed by atoms with Gasteiger partial charge in [0.25, 0.3) is 15.9 Å². The maximum atomic E-state index is 12.7. The first-order valence-electron chi connectivity index (χ1n) is 9.30. The van der Waals surface area contributed by atoms with Crippen LogP contribution in [-0.4, -0.2) is 32.5 Å². The molecule has 0 fully saturated rings. The van der Waals surface area contributed by atoms with Gasteiger partial charge in [-0.25, -0.2) is 13.4 Å². The van der Waals surface area contributed by atoms with Crippen molar-refractivity contribution in [2.75, 3.05) is 16.7 Å². The first-order valence-corrected chi connectivity index (χ1v) is 11.7. The summed E-state index contributed by atoms with van der Waals surface area (Å²) in [4.78, 5) is 18.4. The van der Waals surface area contributed by atoms with Gasteiger partial charge in [-0.1, -0.05) is 6.07 Å². The quantitative estimate of drug-likeness (QED) is 0.659. The second kappa shape index (κ2) is 7.41. The van der Waals surface area contributed by atoms with E-state index < -0.39 is 16.1 Å². The van der Waals surface area contributed by atoms with Crippen LogP contribution in [0.3, 0.4) is 0 Å². The van der Waals surface area contributed by atoms with Gasteiger partial charge < -0.3 is 9.64 Å². The number of thiazole rings is 1. The zero-order valence-corrected chi connectivity index (χ0v) is 18.6. The fourth-order valence-electron chi connectivity index (χ4n) is 3.18. The Balaban J connectivity index is 1.60. The van der Waals surface area contributed by atoms with Gasteiger partial charge in [-0.15, -0.1) is 11.3 Å². The van der Waals surface area contributed by atoms with Crippen molar-refractivity contribution in [3.63, 3.8) is 0 Å². The number of sulfonamides is 1. The molecule has 9 heteroatoms. The second-order valence-corrected chi connectivity index (χ2v) is 9.77. The number of ether oxygens (including phenoxy) is 1. The van der Waals surface area contributed by atoms with Crippen molar-refractivity contribution in [3.8, 4) is 17.0 Å². The molecule has 3 aromatic rings. The van der Waals surface area contributed by atoms with Gasteiger partial charge in [0.2, 0.25) is 0 Å². The molecule has 0 radical (unpaired) electrons. The van der Waals surface area contributed by atoms with Crippen molar-refractivity contribution >= 4 is 38.1 Å². The van der Waals surface area contributed by atoms with Gasteiger partial charge >= 0.3 is 0 Å². The van der Waals surface area contributed by atoms with Gasteiger partial charge in [-0.05, 0) is 62.2 Å². The summed E-state index contributed by atoms with van der Waals surface area (Å²) in [6.45, 7) is 5.52.